The first-order valence-corrected chi connectivity index (χ1v) is 10.1. The molecule has 2 rings (SSSR count). The number of ether oxygens (including phenoxy) is 1. The first kappa shape index (κ1) is 20.1. The van der Waals surface area contributed by atoms with Crippen molar-refractivity contribution < 1.29 is 19.1 Å². The van der Waals surface area contributed by atoms with Gasteiger partial charge in [-0.15, -0.1) is 22.7 Å². The van der Waals surface area contributed by atoms with E-state index < -0.39 is 5.97 Å². The summed E-state index contributed by atoms with van der Waals surface area (Å²) in [6.45, 7) is 6.22. The van der Waals surface area contributed by atoms with E-state index >= 15 is 0 Å². The Bertz CT molecular complexity index is 781. The van der Waals surface area contributed by atoms with Crippen LogP contribution in [0.5, 0.6) is 0 Å². The Kier molecular flexibility index (Phi) is 7.35. The van der Waals surface area contributed by atoms with E-state index in [0.29, 0.717) is 26.9 Å². The first-order chi connectivity index (χ1) is 12.5. The van der Waals surface area contributed by atoms with Crippen molar-refractivity contribution in [1.29, 1.82) is 0 Å². The molecule has 0 spiro atoms. The lowest BCUT2D eigenvalue weighted by molar-refractivity contribution is 0.0527. The third-order valence-electron chi connectivity index (χ3n) is 3.62. The highest BCUT2D eigenvalue weighted by molar-refractivity contribution is 7.19. The number of unbranched alkanes of at least 4 members (excludes halogenated alkanes) is 1. The second-order valence-corrected chi connectivity index (χ2v) is 7.49. The lowest BCUT2D eigenvalue weighted by Gasteiger charge is -2.06. The molecule has 8 heteroatoms. The molecule has 2 heterocycles. The summed E-state index contributed by atoms with van der Waals surface area (Å²) in [5.74, 6) is -1.11. The highest BCUT2D eigenvalue weighted by Gasteiger charge is 2.26. The lowest BCUT2D eigenvalue weighted by Crippen LogP contribution is -2.24. The minimum Gasteiger partial charge on any atom is -0.462 e. The molecule has 0 aliphatic heterocycles. The lowest BCUT2D eigenvalue weighted by atomic mass is 10.1. The maximum atomic E-state index is 12.4. The zero-order valence-electron chi connectivity index (χ0n) is 15.0. The maximum Gasteiger partial charge on any atom is 0.341 e. The van der Waals surface area contributed by atoms with Crippen molar-refractivity contribution >= 4 is 45.5 Å². The molecule has 0 bridgehead atoms. The number of esters is 1. The van der Waals surface area contributed by atoms with Gasteiger partial charge in [0.25, 0.3) is 11.8 Å². The van der Waals surface area contributed by atoms with Crippen LogP contribution in [-0.4, -0.2) is 30.9 Å². The van der Waals surface area contributed by atoms with Crippen molar-refractivity contribution in [3.8, 4) is 0 Å². The summed E-state index contributed by atoms with van der Waals surface area (Å²) >= 11 is 2.39. The van der Waals surface area contributed by atoms with Crippen LogP contribution < -0.4 is 10.6 Å². The number of carbonyl (C=O) groups excluding carboxylic acids is 3. The van der Waals surface area contributed by atoms with Crippen molar-refractivity contribution in [1.82, 2.24) is 5.32 Å². The molecule has 0 aliphatic carbocycles. The van der Waals surface area contributed by atoms with Gasteiger partial charge in [0.15, 0.2) is 0 Å². The Morgan fingerprint density at radius 3 is 2.58 bits per heavy atom. The molecule has 0 aromatic carbocycles. The van der Waals surface area contributed by atoms with Crippen LogP contribution in [0.3, 0.4) is 0 Å². The van der Waals surface area contributed by atoms with E-state index in [1.54, 1.807) is 31.4 Å². The van der Waals surface area contributed by atoms with Gasteiger partial charge in [-0.25, -0.2) is 4.79 Å². The number of carbonyl (C=O) groups is 3. The SMILES string of the molecule is CCCCNC(=O)c1sc(NC(=O)c2cccs2)c(C(=O)OCC)c1C. The zero-order valence-corrected chi connectivity index (χ0v) is 16.6. The Morgan fingerprint density at radius 2 is 1.96 bits per heavy atom. The van der Waals surface area contributed by atoms with Gasteiger partial charge in [-0.05, 0) is 37.3 Å². The van der Waals surface area contributed by atoms with Crippen LogP contribution in [0.4, 0.5) is 5.00 Å². The molecule has 2 amide bonds. The Balaban J connectivity index is 2.32. The van der Waals surface area contributed by atoms with E-state index in [2.05, 4.69) is 10.6 Å². The van der Waals surface area contributed by atoms with Gasteiger partial charge < -0.3 is 15.4 Å². The summed E-state index contributed by atoms with van der Waals surface area (Å²) in [7, 11) is 0. The fraction of sp³-hybridized carbons (Fsp3) is 0.389. The third-order valence-corrected chi connectivity index (χ3v) is 5.70. The fourth-order valence-electron chi connectivity index (χ4n) is 2.30. The molecule has 0 saturated heterocycles. The highest BCUT2D eigenvalue weighted by Crippen LogP contribution is 2.34. The Morgan fingerprint density at radius 1 is 1.19 bits per heavy atom. The molecule has 0 radical (unpaired) electrons. The molecule has 2 aromatic rings. The fourth-order valence-corrected chi connectivity index (χ4v) is 4.02. The molecule has 0 unspecified atom stereocenters. The number of hydrogen-bond donors (Lipinski definition) is 2. The molecular weight excluding hydrogens is 372 g/mol. The number of anilines is 1. The predicted octanol–water partition coefficient (Wildman–Crippen LogP) is 4.08. The molecule has 2 aromatic heterocycles. The van der Waals surface area contributed by atoms with Gasteiger partial charge in [0.05, 0.1) is 21.9 Å². The summed E-state index contributed by atoms with van der Waals surface area (Å²) in [6, 6.07) is 3.47. The minimum atomic E-state index is -0.546. The highest BCUT2D eigenvalue weighted by atomic mass is 32.1. The summed E-state index contributed by atoms with van der Waals surface area (Å²) < 4.78 is 5.10. The largest absolute Gasteiger partial charge is 0.462 e. The van der Waals surface area contributed by atoms with Gasteiger partial charge >= 0.3 is 5.97 Å². The van der Waals surface area contributed by atoms with Crippen molar-refractivity contribution in [2.24, 2.45) is 0 Å². The number of amides is 2. The van der Waals surface area contributed by atoms with E-state index in [-0.39, 0.29) is 24.0 Å². The van der Waals surface area contributed by atoms with Crippen LogP contribution in [0.1, 0.15) is 62.0 Å². The van der Waals surface area contributed by atoms with Gasteiger partial charge in [0.1, 0.15) is 5.00 Å². The second-order valence-electron chi connectivity index (χ2n) is 5.52. The molecule has 26 heavy (non-hydrogen) atoms. The van der Waals surface area contributed by atoms with Crippen molar-refractivity contribution in [3.63, 3.8) is 0 Å². The average molecular weight is 395 g/mol. The van der Waals surface area contributed by atoms with Gasteiger partial charge in [-0.2, -0.15) is 0 Å². The first-order valence-electron chi connectivity index (χ1n) is 8.43. The van der Waals surface area contributed by atoms with E-state index in [0.717, 1.165) is 24.2 Å². The van der Waals surface area contributed by atoms with Gasteiger partial charge in [-0.1, -0.05) is 19.4 Å². The normalized spacial score (nSPS) is 10.4. The van der Waals surface area contributed by atoms with Crippen molar-refractivity contribution in [3.05, 3.63) is 38.4 Å². The third kappa shape index (κ3) is 4.70. The number of hydrogen-bond acceptors (Lipinski definition) is 6. The molecular formula is C18H22N2O4S2. The minimum absolute atomic E-state index is 0.213. The number of thiophene rings is 2. The molecule has 0 atom stereocenters. The van der Waals surface area contributed by atoms with E-state index in [4.69, 9.17) is 4.74 Å². The summed E-state index contributed by atoms with van der Waals surface area (Å²) in [5, 5.41) is 7.72. The standard InChI is InChI=1S/C18H22N2O4S2/c1-4-6-9-19-16(22)14-11(3)13(18(23)24-5-2)17(26-14)20-15(21)12-8-7-10-25-12/h7-8,10H,4-6,9H2,1-3H3,(H,19,22)(H,20,21). The molecule has 2 N–H and O–H groups in total. The smallest absolute Gasteiger partial charge is 0.341 e. The van der Waals surface area contributed by atoms with Crippen LogP contribution >= 0.6 is 22.7 Å². The quantitative estimate of drug-likeness (QED) is 0.522. The van der Waals surface area contributed by atoms with Gasteiger partial charge in [-0.3, -0.25) is 9.59 Å². The second kappa shape index (κ2) is 9.49. The molecule has 0 saturated carbocycles. The van der Waals surface area contributed by atoms with E-state index in [9.17, 15) is 14.4 Å². The van der Waals surface area contributed by atoms with Crippen LogP contribution in [0.2, 0.25) is 0 Å². The van der Waals surface area contributed by atoms with Gasteiger partial charge in [0, 0.05) is 6.54 Å². The molecule has 0 aliphatic rings. The van der Waals surface area contributed by atoms with Crippen LogP contribution in [0.25, 0.3) is 0 Å². The van der Waals surface area contributed by atoms with Crippen LogP contribution in [0.15, 0.2) is 17.5 Å². The Hall–Kier alpha value is -2.19. The summed E-state index contributed by atoms with van der Waals surface area (Å²) in [6.07, 6.45) is 1.85. The maximum absolute atomic E-state index is 12.4. The van der Waals surface area contributed by atoms with Crippen molar-refractivity contribution in [2.45, 2.75) is 33.6 Å². The monoisotopic (exact) mass is 394 g/mol. The van der Waals surface area contributed by atoms with Crippen LogP contribution in [0, 0.1) is 6.92 Å². The summed E-state index contributed by atoms with van der Waals surface area (Å²) in [4.78, 5) is 38.1. The predicted molar refractivity (Wildman–Crippen MR) is 105 cm³/mol. The topological polar surface area (TPSA) is 84.5 Å². The number of rotatable bonds is 8. The Labute approximate surface area is 160 Å². The molecule has 6 nitrogen and oxygen atoms in total. The molecule has 140 valence electrons. The van der Waals surface area contributed by atoms with Crippen LogP contribution in [-0.2, 0) is 4.74 Å². The number of nitrogens with one attached hydrogen (secondary N) is 2. The van der Waals surface area contributed by atoms with E-state index in [1.165, 1.54) is 11.3 Å². The van der Waals surface area contributed by atoms with E-state index in [1.807, 2.05) is 6.92 Å². The average Bonchev–Trinajstić information content (AvgIpc) is 3.23. The van der Waals surface area contributed by atoms with Gasteiger partial charge in [0.2, 0.25) is 0 Å². The summed E-state index contributed by atoms with van der Waals surface area (Å²) in [5.41, 5.74) is 0.756. The molecule has 0 fully saturated rings. The zero-order chi connectivity index (χ0) is 19.1. The van der Waals surface area contributed by atoms with Crippen molar-refractivity contribution in [2.75, 3.05) is 18.5 Å².